The van der Waals surface area contributed by atoms with Crippen molar-refractivity contribution in [3.05, 3.63) is 66.8 Å². The topological polar surface area (TPSA) is 0 Å². The van der Waals surface area contributed by atoms with Gasteiger partial charge in [-0.3, -0.25) is 0 Å². The van der Waals surface area contributed by atoms with E-state index in [1.165, 1.54) is 11.1 Å². The third-order valence-electron chi connectivity index (χ3n) is 1.90. The van der Waals surface area contributed by atoms with Gasteiger partial charge in [0, 0.05) is 0 Å². The fourth-order valence-electron chi connectivity index (χ4n) is 1.16. The summed E-state index contributed by atoms with van der Waals surface area (Å²) in [5.74, 6) is 0. The van der Waals surface area contributed by atoms with Crippen LogP contribution in [-0.4, -0.2) is 0 Å². The number of hydrogen-bond donors (Lipinski definition) is 0. The minimum Gasteiger partial charge on any atom is -0.0990 e. The fourth-order valence-corrected chi connectivity index (χ4v) is 1.16. The van der Waals surface area contributed by atoms with Crippen LogP contribution in [0.3, 0.4) is 0 Å². The lowest BCUT2D eigenvalue weighted by atomic mass is 10.0. The lowest BCUT2D eigenvalue weighted by molar-refractivity contribution is 1.45. The summed E-state index contributed by atoms with van der Waals surface area (Å²) in [6.45, 7) is 17.5. The van der Waals surface area contributed by atoms with Crippen molar-refractivity contribution in [3.8, 4) is 0 Å². The van der Waals surface area contributed by atoms with Crippen molar-refractivity contribution in [3.63, 3.8) is 0 Å². The Labute approximate surface area is 107 Å². The molecule has 1 aromatic carbocycles. The first-order valence-electron chi connectivity index (χ1n) is 6.30. The average molecular weight is 230 g/mol. The zero-order valence-electron chi connectivity index (χ0n) is 12.0. The van der Waals surface area contributed by atoms with Crippen molar-refractivity contribution in [1.82, 2.24) is 0 Å². The smallest absolute Gasteiger partial charge is 0.0184 e. The summed E-state index contributed by atoms with van der Waals surface area (Å²) >= 11 is 0. The molecule has 0 nitrogen and oxygen atoms in total. The van der Waals surface area contributed by atoms with E-state index in [2.05, 4.69) is 44.3 Å². The number of rotatable bonds is 3. The van der Waals surface area contributed by atoms with E-state index in [0.29, 0.717) is 0 Å². The molecular formula is C17H26. The van der Waals surface area contributed by atoms with Crippen LogP contribution in [0, 0.1) is 6.92 Å². The van der Waals surface area contributed by atoms with Crippen molar-refractivity contribution in [1.29, 1.82) is 0 Å². The van der Waals surface area contributed by atoms with Gasteiger partial charge in [-0.1, -0.05) is 88.9 Å². The number of allylic oxidation sites excluding steroid dienone is 4. The Morgan fingerprint density at radius 1 is 0.941 bits per heavy atom. The highest BCUT2D eigenvalue weighted by atomic mass is 14.0. The summed E-state index contributed by atoms with van der Waals surface area (Å²) in [4.78, 5) is 0. The van der Waals surface area contributed by atoms with E-state index in [0.717, 1.165) is 5.57 Å². The Hall–Kier alpha value is -1.56. The molecule has 0 saturated heterocycles. The first-order chi connectivity index (χ1) is 8.27. The normalized spacial score (nSPS) is 9.12. The maximum atomic E-state index is 3.76. The van der Waals surface area contributed by atoms with Crippen LogP contribution in [0.1, 0.15) is 38.8 Å². The molecule has 0 N–H and O–H groups in total. The quantitative estimate of drug-likeness (QED) is 0.575. The summed E-state index contributed by atoms with van der Waals surface area (Å²) < 4.78 is 0. The molecule has 0 radical (unpaired) electrons. The summed E-state index contributed by atoms with van der Waals surface area (Å²) in [6.07, 6.45) is 5.57. The number of aryl methyl sites for hydroxylation is 1. The van der Waals surface area contributed by atoms with Gasteiger partial charge >= 0.3 is 0 Å². The lowest BCUT2D eigenvalue weighted by Gasteiger charge is -2.01. The maximum absolute atomic E-state index is 3.76. The molecule has 1 rings (SSSR count). The predicted octanol–water partition coefficient (Wildman–Crippen LogP) is 5.80. The van der Waals surface area contributed by atoms with Gasteiger partial charge in [0.25, 0.3) is 0 Å². The van der Waals surface area contributed by atoms with E-state index < -0.39 is 0 Å². The molecule has 0 bridgehead atoms. The van der Waals surface area contributed by atoms with Crippen LogP contribution in [0.5, 0.6) is 0 Å². The first-order valence-corrected chi connectivity index (χ1v) is 6.30. The van der Waals surface area contributed by atoms with E-state index in [1.54, 1.807) is 6.08 Å². The van der Waals surface area contributed by atoms with Gasteiger partial charge in [0.2, 0.25) is 0 Å². The summed E-state index contributed by atoms with van der Waals surface area (Å²) in [7, 11) is 0. The molecule has 0 heteroatoms. The van der Waals surface area contributed by atoms with E-state index >= 15 is 0 Å². The highest BCUT2D eigenvalue weighted by molar-refractivity contribution is 5.74. The third kappa shape index (κ3) is 7.35. The van der Waals surface area contributed by atoms with E-state index in [1.807, 2.05) is 39.8 Å². The molecule has 0 amide bonds. The van der Waals surface area contributed by atoms with Crippen LogP contribution in [0.2, 0.25) is 0 Å². The second kappa shape index (κ2) is 12.5. The van der Waals surface area contributed by atoms with Gasteiger partial charge in [-0.25, -0.2) is 0 Å². The van der Waals surface area contributed by atoms with Crippen LogP contribution >= 0.6 is 0 Å². The number of hydrogen-bond acceptors (Lipinski definition) is 0. The standard InChI is InChI=1S/C13H14.2C2H6/c1-4-6-12(5-2)13-9-7-11(3)8-10-13;2*1-2/h4-10H,1-2H2,3H3;2*1-2H3/b12-6+;;. The van der Waals surface area contributed by atoms with Crippen molar-refractivity contribution in [2.45, 2.75) is 34.6 Å². The largest absolute Gasteiger partial charge is 0.0990 e. The average Bonchev–Trinajstić information content (AvgIpc) is 2.42. The van der Waals surface area contributed by atoms with Gasteiger partial charge in [0.1, 0.15) is 0 Å². The SMILES string of the molecule is C=C/C=C(\C=C)c1ccc(C)cc1.CC.CC. The minimum absolute atomic E-state index is 1.11. The molecule has 0 aromatic heterocycles. The second-order valence-corrected chi connectivity index (χ2v) is 2.93. The molecular weight excluding hydrogens is 204 g/mol. The Morgan fingerprint density at radius 2 is 1.41 bits per heavy atom. The molecule has 0 saturated carbocycles. The summed E-state index contributed by atoms with van der Waals surface area (Å²) in [6, 6.07) is 8.37. The van der Waals surface area contributed by atoms with Crippen molar-refractivity contribution >= 4 is 5.57 Å². The molecule has 0 aliphatic heterocycles. The van der Waals surface area contributed by atoms with Gasteiger partial charge < -0.3 is 0 Å². The van der Waals surface area contributed by atoms with Gasteiger partial charge in [-0.2, -0.15) is 0 Å². The number of benzene rings is 1. The van der Waals surface area contributed by atoms with Crippen LogP contribution in [0.4, 0.5) is 0 Å². The highest BCUT2D eigenvalue weighted by Crippen LogP contribution is 2.15. The summed E-state index contributed by atoms with van der Waals surface area (Å²) in [5, 5.41) is 0. The van der Waals surface area contributed by atoms with Crippen molar-refractivity contribution < 1.29 is 0 Å². The predicted molar refractivity (Wildman–Crippen MR) is 82.2 cm³/mol. The minimum atomic E-state index is 1.11. The van der Waals surface area contributed by atoms with Crippen LogP contribution < -0.4 is 0 Å². The Morgan fingerprint density at radius 3 is 1.76 bits per heavy atom. The Kier molecular flexibility index (Phi) is 13.1. The Bertz CT molecular complexity index is 326. The van der Waals surface area contributed by atoms with E-state index in [9.17, 15) is 0 Å². The molecule has 0 fully saturated rings. The molecule has 0 spiro atoms. The molecule has 94 valence electrons. The third-order valence-corrected chi connectivity index (χ3v) is 1.90. The van der Waals surface area contributed by atoms with Gasteiger partial charge in [0.15, 0.2) is 0 Å². The van der Waals surface area contributed by atoms with Gasteiger partial charge in [-0.15, -0.1) is 0 Å². The van der Waals surface area contributed by atoms with Crippen LogP contribution in [0.15, 0.2) is 55.7 Å². The van der Waals surface area contributed by atoms with Crippen molar-refractivity contribution in [2.24, 2.45) is 0 Å². The monoisotopic (exact) mass is 230 g/mol. The molecule has 0 heterocycles. The fraction of sp³-hybridized carbons (Fsp3) is 0.294. The second-order valence-electron chi connectivity index (χ2n) is 2.93. The zero-order chi connectivity index (χ0) is 13.7. The van der Waals surface area contributed by atoms with Crippen LogP contribution in [-0.2, 0) is 0 Å². The van der Waals surface area contributed by atoms with E-state index in [4.69, 9.17) is 0 Å². The molecule has 1 aromatic rings. The Balaban J connectivity index is 0. The first kappa shape index (κ1) is 17.8. The molecule has 0 atom stereocenters. The molecule has 0 unspecified atom stereocenters. The van der Waals surface area contributed by atoms with Gasteiger partial charge in [-0.05, 0) is 18.1 Å². The lowest BCUT2D eigenvalue weighted by Crippen LogP contribution is -1.80. The zero-order valence-corrected chi connectivity index (χ0v) is 12.0. The maximum Gasteiger partial charge on any atom is -0.0184 e. The van der Waals surface area contributed by atoms with E-state index in [-0.39, 0.29) is 0 Å². The molecule has 17 heavy (non-hydrogen) atoms. The van der Waals surface area contributed by atoms with Crippen molar-refractivity contribution in [2.75, 3.05) is 0 Å². The molecule has 0 aliphatic carbocycles. The van der Waals surface area contributed by atoms with Crippen LogP contribution in [0.25, 0.3) is 5.57 Å². The van der Waals surface area contributed by atoms with Gasteiger partial charge in [0.05, 0.1) is 0 Å². The highest BCUT2D eigenvalue weighted by Gasteiger charge is 1.94. The molecule has 0 aliphatic rings. The summed E-state index contributed by atoms with van der Waals surface area (Å²) in [5.41, 5.74) is 3.56.